The molecule has 0 aliphatic heterocycles. The van der Waals surface area contributed by atoms with Crippen LogP contribution in [0.4, 0.5) is 0 Å². The number of benzene rings is 1. The SMILES string of the molecule is CCC(c1cccs1)n1c(CCCl)nc2cc(C)ccc21. The summed E-state index contributed by atoms with van der Waals surface area (Å²) >= 11 is 7.80. The van der Waals surface area contributed by atoms with Crippen molar-refractivity contribution in [1.82, 2.24) is 9.55 Å². The molecule has 2 aromatic heterocycles. The van der Waals surface area contributed by atoms with Gasteiger partial charge in [-0.15, -0.1) is 22.9 Å². The summed E-state index contributed by atoms with van der Waals surface area (Å²) in [6, 6.07) is 11.2. The number of imidazole rings is 1. The summed E-state index contributed by atoms with van der Waals surface area (Å²) in [6.45, 7) is 4.34. The first kappa shape index (κ1) is 14.6. The van der Waals surface area contributed by atoms with E-state index in [0.717, 1.165) is 24.2 Å². The Morgan fingerprint density at radius 2 is 2.19 bits per heavy atom. The fourth-order valence-electron chi connectivity index (χ4n) is 2.86. The van der Waals surface area contributed by atoms with Gasteiger partial charge in [-0.25, -0.2) is 4.98 Å². The predicted molar refractivity (Wildman–Crippen MR) is 91.6 cm³/mol. The lowest BCUT2D eigenvalue weighted by atomic mass is 10.1. The molecule has 3 rings (SSSR count). The largest absolute Gasteiger partial charge is 0.319 e. The van der Waals surface area contributed by atoms with Crippen molar-refractivity contribution in [3.63, 3.8) is 0 Å². The Kier molecular flexibility index (Phi) is 4.32. The number of nitrogens with zero attached hydrogens (tertiary/aromatic N) is 2. The van der Waals surface area contributed by atoms with Gasteiger partial charge in [-0.1, -0.05) is 19.1 Å². The van der Waals surface area contributed by atoms with Crippen molar-refractivity contribution >= 4 is 34.0 Å². The zero-order valence-corrected chi connectivity index (χ0v) is 13.9. The number of hydrogen-bond acceptors (Lipinski definition) is 2. The van der Waals surface area contributed by atoms with Crippen molar-refractivity contribution in [2.45, 2.75) is 32.7 Å². The number of halogens is 1. The number of alkyl halides is 1. The van der Waals surface area contributed by atoms with Gasteiger partial charge >= 0.3 is 0 Å². The highest BCUT2D eigenvalue weighted by atomic mass is 35.5. The number of thiophene rings is 1. The molecule has 0 N–H and O–H groups in total. The quantitative estimate of drug-likeness (QED) is 0.592. The number of hydrogen-bond donors (Lipinski definition) is 0. The highest BCUT2D eigenvalue weighted by Crippen LogP contribution is 2.31. The van der Waals surface area contributed by atoms with E-state index in [9.17, 15) is 0 Å². The smallest absolute Gasteiger partial charge is 0.111 e. The first-order valence-electron chi connectivity index (χ1n) is 7.31. The molecule has 0 saturated heterocycles. The first-order chi connectivity index (χ1) is 10.2. The second kappa shape index (κ2) is 6.20. The van der Waals surface area contributed by atoms with E-state index in [0.29, 0.717) is 11.9 Å². The highest BCUT2D eigenvalue weighted by molar-refractivity contribution is 7.10. The van der Waals surface area contributed by atoms with Crippen LogP contribution in [0.1, 0.15) is 35.7 Å². The van der Waals surface area contributed by atoms with E-state index >= 15 is 0 Å². The summed E-state index contributed by atoms with van der Waals surface area (Å²) in [4.78, 5) is 6.21. The fraction of sp³-hybridized carbons (Fsp3) is 0.353. The van der Waals surface area contributed by atoms with Crippen molar-refractivity contribution in [1.29, 1.82) is 0 Å². The molecule has 0 spiro atoms. The van der Waals surface area contributed by atoms with Crippen LogP contribution in [0.2, 0.25) is 0 Å². The predicted octanol–water partition coefficient (Wildman–Crippen LogP) is 5.19. The minimum Gasteiger partial charge on any atom is -0.319 e. The number of aromatic nitrogens is 2. The van der Waals surface area contributed by atoms with Gasteiger partial charge < -0.3 is 4.57 Å². The molecule has 0 aliphatic carbocycles. The molecule has 4 heteroatoms. The Morgan fingerprint density at radius 3 is 2.86 bits per heavy atom. The van der Waals surface area contributed by atoms with Crippen molar-refractivity contribution in [2.75, 3.05) is 5.88 Å². The molecule has 0 radical (unpaired) electrons. The van der Waals surface area contributed by atoms with Gasteiger partial charge in [0.2, 0.25) is 0 Å². The Morgan fingerprint density at radius 1 is 1.33 bits per heavy atom. The van der Waals surface area contributed by atoms with Gasteiger partial charge in [-0.3, -0.25) is 0 Å². The van der Waals surface area contributed by atoms with Crippen LogP contribution in [-0.2, 0) is 6.42 Å². The van der Waals surface area contributed by atoms with Crippen LogP contribution >= 0.6 is 22.9 Å². The fourth-order valence-corrected chi connectivity index (χ4v) is 3.93. The van der Waals surface area contributed by atoms with Gasteiger partial charge in [0.1, 0.15) is 5.82 Å². The maximum absolute atomic E-state index is 5.99. The molecule has 1 aromatic carbocycles. The highest BCUT2D eigenvalue weighted by Gasteiger charge is 2.20. The zero-order valence-electron chi connectivity index (χ0n) is 12.3. The van der Waals surface area contributed by atoms with Crippen molar-refractivity contribution in [3.05, 3.63) is 52.0 Å². The standard InChI is InChI=1S/C17H19ClN2S/c1-3-14(16-5-4-10-21-16)20-15-7-6-12(2)11-13(15)19-17(20)8-9-18/h4-7,10-11,14H,3,8-9H2,1-2H3. The third-order valence-electron chi connectivity index (χ3n) is 3.81. The van der Waals surface area contributed by atoms with Crippen molar-refractivity contribution < 1.29 is 0 Å². The summed E-state index contributed by atoms with van der Waals surface area (Å²) in [5.74, 6) is 1.69. The zero-order chi connectivity index (χ0) is 14.8. The molecule has 0 bridgehead atoms. The number of fused-ring (bicyclic) bond motifs is 1. The van der Waals surface area contributed by atoms with Gasteiger partial charge in [0.25, 0.3) is 0 Å². The summed E-state index contributed by atoms with van der Waals surface area (Å²) in [6.07, 6.45) is 1.85. The molecule has 0 amide bonds. The van der Waals surface area contributed by atoms with E-state index in [-0.39, 0.29) is 0 Å². The summed E-state index contributed by atoms with van der Waals surface area (Å²) in [7, 11) is 0. The average Bonchev–Trinajstić information content (AvgIpc) is 3.09. The van der Waals surface area contributed by atoms with Gasteiger partial charge in [-0.05, 0) is 42.5 Å². The van der Waals surface area contributed by atoms with Crippen LogP contribution in [0.15, 0.2) is 35.7 Å². The molecular formula is C17H19ClN2S. The number of aryl methyl sites for hydroxylation is 2. The van der Waals surface area contributed by atoms with Gasteiger partial charge in [0, 0.05) is 17.2 Å². The normalized spacial score (nSPS) is 12.9. The van der Waals surface area contributed by atoms with Gasteiger partial charge in [0.05, 0.1) is 17.1 Å². The maximum atomic E-state index is 5.99. The molecule has 2 heterocycles. The minimum absolute atomic E-state index is 0.343. The van der Waals surface area contributed by atoms with Crippen LogP contribution in [0.25, 0.3) is 11.0 Å². The molecule has 110 valence electrons. The average molecular weight is 319 g/mol. The topological polar surface area (TPSA) is 17.8 Å². The third-order valence-corrected chi connectivity index (χ3v) is 4.97. The molecule has 1 atom stereocenters. The Labute approximate surface area is 134 Å². The van der Waals surface area contributed by atoms with E-state index in [1.54, 1.807) is 0 Å². The summed E-state index contributed by atoms with van der Waals surface area (Å²) in [5, 5.41) is 2.14. The Hall–Kier alpha value is -1.32. The Bertz CT molecular complexity index is 731. The van der Waals surface area contributed by atoms with Crippen LogP contribution in [0.3, 0.4) is 0 Å². The lowest BCUT2D eigenvalue weighted by Crippen LogP contribution is -2.12. The molecular weight excluding hydrogens is 300 g/mol. The van der Waals surface area contributed by atoms with E-state index < -0.39 is 0 Å². The van der Waals surface area contributed by atoms with Gasteiger partial charge in [-0.2, -0.15) is 0 Å². The number of rotatable bonds is 5. The second-order valence-corrected chi connectivity index (χ2v) is 6.63. The molecule has 0 fully saturated rings. The Balaban J connectivity index is 2.20. The molecule has 0 saturated carbocycles. The van der Waals surface area contributed by atoms with E-state index in [1.807, 2.05) is 11.3 Å². The van der Waals surface area contributed by atoms with Crippen molar-refractivity contribution in [2.24, 2.45) is 0 Å². The lowest BCUT2D eigenvalue weighted by Gasteiger charge is -2.19. The van der Waals surface area contributed by atoms with Crippen LogP contribution < -0.4 is 0 Å². The summed E-state index contributed by atoms with van der Waals surface area (Å²) in [5.41, 5.74) is 3.53. The van der Waals surface area contributed by atoms with Crippen LogP contribution in [-0.4, -0.2) is 15.4 Å². The van der Waals surface area contributed by atoms with Crippen molar-refractivity contribution in [3.8, 4) is 0 Å². The van der Waals surface area contributed by atoms with Crippen LogP contribution in [0.5, 0.6) is 0 Å². The molecule has 1 unspecified atom stereocenters. The third kappa shape index (κ3) is 2.72. The lowest BCUT2D eigenvalue weighted by molar-refractivity contribution is 0.567. The molecule has 2 nitrogen and oxygen atoms in total. The molecule has 3 aromatic rings. The first-order valence-corrected chi connectivity index (χ1v) is 8.72. The van der Waals surface area contributed by atoms with Crippen LogP contribution in [0, 0.1) is 6.92 Å². The minimum atomic E-state index is 0.343. The van der Waals surface area contributed by atoms with E-state index in [4.69, 9.17) is 16.6 Å². The van der Waals surface area contributed by atoms with E-state index in [2.05, 4.69) is 54.1 Å². The molecule has 0 aliphatic rings. The van der Waals surface area contributed by atoms with E-state index in [1.165, 1.54) is 16.0 Å². The summed E-state index contributed by atoms with van der Waals surface area (Å²) < 4.78 is 2.38. The molecule has 21 heavy (non-hydrogen) atoms. The second-order valence-electron chi connectivity index (χ2n) is 5.27. The maximum Gasteiger partial charge on any atom is 0.111 e. The van der Waals surface area contributed by atoms with Gasteiger partial charge in [0.15, 0.2) is 0 Å². The monoisotopic (exact) mass is 318 g/mol.